The number of aromatic nitrogens is 1. The number of hydrogen-bond donors (Lipinski definition) is 1. The zero-order chi connectivity index (χ0) is 16.0. The number of carboxylic acid groups (broad SMARTS) is 1. The number of hydrogen-bond acceptors (Lipinski definition) is 2. The van der Waals surface area contributed by atoms with E-state index in [4.69, 9.17) is 16.7 Å². The predicted molar refractivity (Wildman–Crippen MR) is 78.3 cm³/mol. The third-order valence-corrected chi connectivity index (χ3v) is 3.73. The molecular weight excluding hydrogens is 316 g/mol. The number of halogens is 3. The van der Waals surface area contributed by atoms with Crippen molar-refractivity contribution < 1.29 is 18.7 Å². The quantitative estimate of drug-likeness (QED) is 0.737. The van der Waals surface area contributed by atoms with Gasteiger partial charge in [-0.3, -0.25) is 9.59 Å². The van der Waals surface area contributed by atoms with Crippen molar-refractivity contribution in [1.29, 1.82) is 0 Å². The van der Waals surface area contributed by atoms with Crippen molar-refractivity contribution in [3.05, 3.63) is 57.2 Å². The van der Waals surface area contributed by atoms with Gasteiger partial charge >= 0.3 is 5.97 Å². The molecule has 112 valence electrons. The lowest BCUT2D eigenvalue weighted by atomic mass is 10.1. The van der Waals surface area contributed by atoms with Crippen LogP contribution < -0.4 is 5.43 Å². The summed E-state index contributed by atoms with van der Waals surface area (Å²) < 4.78 is 28.3. The molecule has 1 heterocycles. The van der Waals surface area contributed by atoms with Crippen molar-refractivity contribution in [2.75, 3.05) is 0 Å². The fraction of sp³-hybridized carbons (Fsp3) is 0.0667. The number of carbonyl (C=O) groups is 1. The van der Waals surface area contributed by atoms with E-state index in [0.29, 0.717) is 0 Å². The monoisotopic (exact) mass is 323 g/mol. The van der Waals surface area contributed by atoms with Crippen molar-refractivity contribution in [2.24, 2.45) is 0 Å². The fourth-order valence-electron chi connectivity index (χ4n) is 2.47. The summed E-state index contributed by atoms with van der Waals surface area (Å²) in [6.45, 7) is -0.583. The van der Waals surface area contributed by atoms with Gasteiger partial charge in [-0.2, -0.15) is 0 Å². The Morgan fingerprint density at radius 1 is 1.18 bits per heavy atom. The molecule has 2 aromatic carbocycles. The van der Waals surface area contributed by atoms with Gasteiger partial charge in [0.15, 0.2) is 5.43 Å². The van der Waals surface area contributed by atoms with Crippen molar-refractivity contribution in [1.82, 2.24) is 4.57 Å². The Kier molecular flexibility index (Phi) is 3.33. The van der Waals surface area contributed by atoms with Crippen LogP contribution in [0, 0.1) is 11.6 Å². The molecule has 22 heavy (non-hydrogen) atoms. The highest BCUT2D eigenvalue weighted by molar-refractivity contribution is 6.35. The molecule has 4 nitrogen and oxygen atoms in total. The molecule has 0 bridgehead atoms. The lowest BCUT2D eigenvalue weighted by Crippen LogP contribution is -2.16. The first kappa shape index (κ1) is 14.5. The summed E-state index contributed by atoms with van der Waals surface area (Å²) in [5.74, 6) is -2.66. The lowest BCUT2D eigenvalue weighted by molar-refractivity contribution is -0.137. The minimum atomic E-state index is -1.23. The number of nitrogens with zero attached hydrogens (tertiary/aromatic N) is 1. The van der Waals surface area contributed by atoms with Crippen LogP contribution in [0.15, 0.2) is 35.1 Å². The van der Waals surface area contributed by atoms with Gasteiger partial charge in [-0.15, -0.1) is 0 Å². The summed E-state index contributed by atoms with van der Waals surface area (Å²) in [4.78, 5) is 23.5. The number of benzene rings is 2. The van der Waals surface area contributed by atoms with Crippen molar-refractivity contribution in [3.63, 3.8) is 0 Å². The number of rotatable bonds is 2. The Hall–Kier alpha value is -2.47. The van der Waals surface area contributed by atoms with Gasteiger partial charge in [-0.05, 0) is 30.3 Å². The maximum absolute atomic E-state index is 13.7. The smallest absolute Gasteiger partial charge is 0.323 e. The molecule has 3 rings (SSSR count). The van der Waals surface area contributed by atoms with Crippen LogP contribution in [0.5, 0.6) is 0 Å². The van der Waals surface area contributed by atoms with Gasteiger partial charge in [0.05, 0.1) is 11.0 Å². The average Bonchev–Trinajstić information content (AvgIpc) is 2.46. The molecule has 0 atom stereocenters. The maximum atomic E-state index is 13.7. The van der Waals surface area contributed by atoms with Crippen LogP contribution in [0.25, 0.3) is 21.8 Å². The topological polar surface area (TPSA) is 59.3 Å². The lowest BCUT2D eigenvalue weighted by Gasteiger charge is -2.14. The standard InChI is InChI=1S/C15H8ClF2NO3/c16-13-10(18)4-3-9-14(13)19(6-12(20)21)11-5-7(17)1-2-8(11)15(9)22/h1-5H,6H2,(H,20,21). The Labute approximate surface area is 127 Å². The molecule has 0 aliphatic carbocycles. The molecule has 0 unspecified atom stereocenters. The summed E-state index contributed by atoms with van der Waals surface area (Å²) in [5.41, 5.74) is -0.479. The molecule has 0 amide bonds. The van der Waals surface area contributed by atoms with Gasteiger partial charge < -0.3 is 9.67 Å². The van der Waals surface area contributed by atoms with Crippen molar-refractivity contribution >= 4 is 39.4 Å². The molecule has 0 fully saturated rings. The van der Waals surface area contributed by atoms with E-state index < -0.39 is 29.6 Å². The van der Waals surface area contributed by atoms with Crippen LogP contribution in [-0.2, 0) is 11.3 Å². The zero-order valence-electron chi connectivity index (χ0n) is 10.9. The van der Waals surface area contributed by atoms with Gasteiger partial charge in [-0.1, -0.05) is 11.6 Å². The van der Waals surface area contributed by atoms with Crippen LogP contribution in [0.2, 0.25) is 5.02 Å². The highest BCUT2D eigenvalue weighted by Crippen LogP contribution is 2.28. The molecule has 3 aromatic rings. The largest absolute Gasteiger partial charge is 0.480 e. The molecule has 0 aliphatic rings. The number of fused-ring (bicyclic) bond motifs is 2. The molecule has 0 spiro atoms. The summed E-state index contributed by atoms with van der Waals surface area (Å²) in [5, 5.41) is 8.89. The van der Waals surface area contributed by atoms with E-state index in [0.717, 1.165) is 22.8 Å². The Bertz CT molecular complexity index is 998. The molecule has 0 radical (unpaired) electrons. The highest BCUT2D eigenvalue weighted by Gasteiger charge is 2.17. The summed E-state index contributed by atoms with van der Waals surface area (Å²) in [6.07, 6.45) is 0. The molecule has 0 saturated carbocycles. The molecule has 1 aromatic heterocycles. The van der Waals surface area contributed by atoms with Gasteiger partial charge in [-0.25, -0.2) is 8.78 Å². The van der Waals surface area contributed by atoms with Gasteiger partial charge in [0.25, 0.3) is 0 Å². The second-order valence-corrected chi connectivity index (χ2v) is 5.11. The van der Waals surface area contributed by atoms with Crippen LogP contribution >= 0.6 is 11.6 Å². The average molecular weight is 324 g/mol. The normalized spacial score (nSPS) is 11.2. The van der Waals surface area contributed by atoms with E-state index in [1.54, 1.807) is 0 Å². The van der Waals surface area contributed by atoms with E-state index in [1.165, 1.54) is 12.1 Å². The fourth-order valence-corrected chi connectivity index (χ4v) is 2.74. The minimum absolute atomic E-state index is 0.0485. The molecule has 7 heteroatoms. The maximum Gasteiger partial charge on any atom is 0.323 e. The second kappa shape index (κ2) is 5.06. The predicted octanol–water partition coefficient (Wildman–Crippen LogP) is 3.17. The van der Waals surface area contributed by atoms with Gasteiger partial charge in [0.2, 0.25) is 0 Å². The molecule has 1 N–H and O–H groups in total. The minimum Gasteiger partial charge on any atom is -0.480 e. The third kappa shape index (κ3) is 2.12. The first-order chi connectivity index (χ1) is 10.4. The van der Waals surface area contributed by atoms with Crippen molar-refractivity contribution in [2.45, 2.75) is 6.54 Å². The Morgan fingerprint density at radius 3 is 2.55 bits per heavy atom. The molecular formula is C15H8ClF2NO3. The number of pyridine rings is 1. The van der Waals surface area contributed by atoms with E-state index in [1.807, 2.05) is 0 Å². The first-order valence-corrected chi connectivity index (χ1v) is 6.59. The van der Waals surface area contributed by atoms with E-state index >= 15 is 0 Å². The Morgan fingerprint density at radius 2 is 1.86 bits per heavy atom. The van der Waals surface area contributed by atoms with E-state index in [9.17, 15) is 18.4 Å². The molecule has 0 aliphatic heterocycles. The highest BCUT2D eigenvalue weighted by atomic mass is 35.5. The van der Waals surface area contributed by atoms with Crippen LogP contribution in [-0.4, -0.2) is 15.6 Å². The zero-order valence-corrected chi connectivity index (χ0v) is 11.7. The van der Waals surface area contributed by atoms with Crippen LogP contribution in [0.3, 0.4) is 0 Å². The van der Waals surface area contributed by atoms with Crippen LogP contribution in [0.4, 0.5) is 8.78 Å². The van der Waals surface area contributed by atoms with E-state index in [-0.39, 0.29) is 26.8 Å². The first-order valence-electron chi connectivity index (χ1n) is 6.21. The third-order valence-electron chi connectivity index (χ3n) is 3.37. The SMILES string of the molecule is O=C(O)Cn1c2cc(F)ccc2c(=O)c2ccc(F)c(Cl)c21. The summed E-state index contributed by atoms with van der Waals surface area (Å²) in [6, 6.07) is 5.67. The van der Waals surface area contributed by atoms with E-state index in [2.05, 4.69) is 0 Å². The Balaban J connectivity index is 2.64. The second-order valence-electron chi connectivity index (χ2n) is 4.73. The van der Waals surface area contributed by atoms with Gasteiger partial charge in [0.1, 0.15) is 23.2 Å². The van der Waals surface area contributed by atoms with Gasteiger partial charge in [0, 0.05) is 10.8 Å². The number of aliphatic carboxylic acids is 1. The number of carboxylic acids is 1. The molecule has 0 saturated heterocycles. The van der Waals surface area contributed by atoms with Crippen LogP contribution in [0.1, 0.15) is 0 Å². The summed E-state index contributed by atoms with van der Waals surface area (Å²) >= 11 is 5.91. The summed E-state index contributed by atoms with van der Waals surface area (Å²) in [7, 11) is 0. The van der Waals surface area contributed by atoms with Crippen molar-refractivity contribution in [3.8, 4) is 0 Å².